The Hall–Kier alpha value is -1.84. The fraction of sp³-hybridized carbons (Fsp3) is 0.467. The number of pyridine rings is 1. The molecular weight excluding hydrogens is 236 g/mol. The average Bonchev–Trinajstić information content (AvgIpc) is 2.95. The van der Waals surface area contributed by atoms with E-state index in [1.54, 1.807) is 6.20 Å². The third kappa shape index (κ3) is 2.95. The van der Waals surface area contributed by atoms with Crippen LogP contribution in [0.2, 0.25) is 0 Å². The van der Waals surface area contributed by atoms with Crippen LogP contribution >= 0.6 is 0 Å². The van der Waals surface area contributed by atoms with Gasteiger partial charge in [0, 0.05) is 37.4 Å². The zero-order valence-electron chi connectivity index (χ0n) is 11.1. The first-order chi connectivity index (χ1) is 9.43. The van der Waals surface area contributed by atoms with Crippen LogP contribution in [-0.2, 0) is 6.54 Å². The maximum absolute atomic E-state index is 4.44. The second-order valence-electron chi connectivity index (χ2n) is 5.16. The summed E-state index contributed by atoms with van der Waals surface area (Å²) in [4.78, 5) is 8.57. The molecule has 19 heavy (non-hydrogen) atoms. The lowest BCUT2D eigenvalue weighted by molar-refractivity contribution is 0.356. The maximum Gasteiger partial charge on any atom is 0.203 e. The van der Waals surface area contributed by atoms with Crippen LogP contribution in [0.15, 0.2) is 36.9 Å². The highest BCUT2D eigenvalue weighted by Crippen LogP contribution is 2.30. The van der Waals surface area contributed by atoms with E-state index in [4.69, 9.17) is 0 Å². The molecule has 2 aromatic rings. The molecule has 1 aliphatic rings. The number of anilines is 1. The van der Waals surface area contributed by atoms with E-state index in [1.165, 1.54) is 37.7 Å². The van der Waals surface area contributed by atoms with Crippen LogP contribution in [0, 0.1) is 0 Å². The molecule has 1 saturated carbocycles. The van der Waals surface area contributed by atoms with Crippen molar-refractivity contribution >= 4 is 5.95 Å². The molecule has 0 spiro atoms. The van der Waals surface area contributed by atoms with E-state index < -0.39 is 0 Å². The number of nitrogens with one attached hydrogen (secondary N) is 1. The van der Waals surface area contributed by atoms with Gasteiger partial charge in [0.15, 0.2) is 0 Å². The topological polar surface area (TPSA) is 42.7 Å². The molecule has 0 amide bonds. The third-order valence-corrected chi connectivity index (χ3v) is 3.81. The summed E-state index contributed by atoms with van der Waals surface area (Å²) in [5.74, 6) is 0.982. The number of rotatable bonds is 4. The van der Waals surface area contributed by atoms with Gasteiger partial charge in [-0.2, -0.15) is 0 Å². The van der Waals surface area contributed by atoms with Crippen molar-refractivity contribution in [2.45, 2.75) is 44.7 Å². The summed E-state index contributed by atoms with van der Waals surface area (Å²) in [6, 6.07) is 4.66. The largest absolute Gasteiger partial charge is 0.352 e. The molecular formula is C15H20N4. The molecule has 0 aromatic carbocycles. The molecule has 2 aromatic heterocycles. The second-order valence-corrected chi connectivity index (χ2v) is 5.16. The highest BCUT2D eigenvalue weighted by Gasteiger charge is 2.17. The predicted molar refractivity (Wildman–Crippen MR) is 75.9 cm³/mol. The molecule has 0 bridgehead atoms. The van der Waals surface area contributed by atoms with Gasteiger partial charge in [-0.15, -0.1) is 0 Å². The van der Waals surface area contributed by atoms with Crippen LogP contribution in [0.1, 0.15) is 43.7 Å². The van der Waals surface area contributed by atoms with E-state index in [0.717, 1.165) is 12.5 Å². The Kier molecular flexibility index (Phi) is 3.77. The maximum atomic E-state index is 4.44. The molecule has 1 fully saturated rings. The predicted octanol–water partition coefficient (Wildman–Crippen LogP) is 3.40. The summed E-state index contributed by atoms with van der Waals surface area (Å²) in [6.07, 6.45) is 14.3. The van der Waals surface area contributed by atoms with Crippen LogP contribution in [0.3, 0.4) is 0 Å². The van der Waals surface area contributed by atoms with E-state index in [1.807, 2.05) is 18.5 Å². The lowest BCUT2D eigenvalue weighted by atomic mass is 9.95. The van der Waals surface area contributed by atoms with Gasteiger partial charge in [-0.25, -0.2) is 4.98 Å². The summed E-state index contributed by atoms with van der Waals surface area (Å²) in [5.41, 5.74) is 1.18. The number of imidazole rings is 1. The zero-order valence-corrected chi connectivity index (χ0v) is 11.1. The quantitative estimate of drug-likeness (QED) is 0.911. The number of hydrogen-bond donors (Lipinski definition) is 1. The van der Waals surface area contributed by atoms with Gasteiger partial charge in [-0.3, -0.25) is 4.98 Å². The molecule has 0 radical (unpaired) electrons. The van der Waals surface area contributed by atoms with Gasteiger partial charge < -0.3 is 9.88 Å². The number of aromatic nitrogens is 3. The summed E-state index contributed by atoms with van der Waals surface area (Å²) in [6.45, 7) is 0.775. The fourth-order valence-electron chi connectivity index (χ4n) is 2.79. The van der Waals surface area contributed by atoms with E-state index in [2.05, 4.69) is 32.1 Å². The molecule has 3 rings (SSSR count). The van der Waals surface area contributed by atoms with Crippen LogP contribution in [0.5, 0.6) is 0 Å². The molecule has 4 nitrogen and oxygen atoms in total. The SMILES string of the molecule is c1cncc(CNc2nccn2C2CCCCC2)c1. The van der Waals surface area contributed by atoms with Gasteiger partial charge in [-0.05, 0) is 24.5 Å². The molecule has 1 aliphatic carbocycles. The van der Waals surface area contributed by atoms with Crippen molar-refractivity contribution in [1.82, 2.24) is 14.5 Å². The second kappa shape index (κ2) is 5.87. The molecule has 0 saturated heterocycles. The minimum absolute atomic E-state index is 0.618. The summed E-state index contributed by atoms with van der Waals surface area (Å²) in [5, 5.41) is 3.42. The van der Waals surface area contributed by atoms with Gasteiger partial charge in [0.2, 0.25) is 5.95 Å². The van der Waals surface area contributed by atoms with E-state index in [0.29, 0.717) is 6.04 Å². The molecule has 0 atom stereocenters. The molecule has 1 N–H and O–H groups in total. The Morgan fingerprint density at radius 3 is 2.89 bits per heavy atom. The first kappa shape index (κ1) is 12.2. The van der Waals surface area contributed by atoms with Gasteiger partial charge in [0.05, 0.1) is 0 Å². The van der Waals surface area contributed by atoms with Crippen molar-refractivity contribution in [2.75, 3.05) is 5.32 Å². The third-order valence-electron chi connectivity index (χ3n) is 3.81. The Labute approximate surface area is 113 Å². The molecule has 100 valence electrons. The fourth-order valence-corrected chi connectivity index (χ4v) is 2.79. The van der Waals surface area contributed by atoms with Crippen molar-refractivity contribution in [1.29, 1.82) is 0 Å². The first-order valence-corrected chi connectivity index (χ1v) is 7.09. The Morgan fingerprint density at radius 1 is 1.21 bits per heavy atom. The van der Waals surface area contributed by atoms with Crippen molar-refractivity contribution in [2.24, 2.45) is 0 Å². The highest BCUT2D eigenvalue weighted by atomic mass is 15.2. The van der Waals surface area contributed by atoms with Crippen LogP contribution < -0.4 is 5.32 Å². The molecule has 2 heterocycles. The van der Waals surface area contributed by atoms with Crippen molar-refractivity contribution < 1.29 is 0 Å². The van der Waals surface area contributed by atoms with Gasteiger partial charge in [0.1, 0.15) is 0 Å². The van der Waals surface area contributed by atoms with Gasteiger partial charge in [-0.1, -0.05) is 25.3 Å². The smallest absolute Gasteiger partial charge is 0.203 e. The lowest BCUT2D eigenvalue weighted by Gasteiger charge is -2.24. The Morgan fingerprint density at radius 2 is 2.11 bits per heavy atom. The standard InChI is InChI=1S/C15H20N4/c1-2-6-14(7-3-1)19-10-9-17-15(19)18-12-13-5-4-8-16-11-13/h4-5,8-11,14H,1-3,6-7,12H2,(H,17,18). The lowest BCUT2D eigenvalue weighted by Crippen LogP contribution is -2.15. The van der Waals surface area contributed by atoms with E-state index in [9.17, 15) is 0 Å². The number of nitrogens with zero attached hydrogens (tertiary/aromatic N) is 3. The minimum atomic E-state index is 0.618. The zero-order chi connectivity index (χ0) is 12.9. The summed E-state index contributed by atoms with van der Waals surface area (Å²) in [7, 11) is 0. The highest BCUT2D eigenvalue weighted by molar-refractivity contribution is 5.28. The van der Waals surface area contributed by atoms with Crippen LogP contribution in [0.25, 0.3) is 0 Å². The summed E-state index contributed by atoms with van der Waals surface area (Å²) >= 11 is 0. The van der Waals surface area contributed by atoms with Crippen molar-refractivity contribution in [3.8, 4) is 0 Å². The van der Waals surface area contributed by atoms with Crippen molar-refractivity contribution in [3.63, 3.8) is 0 Å². The van der Waals surface area contributed by atoms with Gasteiger partial charge >= 0.3 is 0 Å². The number of hydrogen-bond acceptors (Lipinski definition) is 3. The normalized spacial score (nSPS) is 16.4. The Bertz CT molecular complexity index is 500. The minimum Gasteiger partial charge on any atom is -0.352 e. The monoisotopic (exact) mass is 256 g/mol. The Balaban J connectivity index is 1.66. The molecule has 4 heteroatoms. The van der Waals surface area contributed by atoms with Crippen LogP contribution in [-0.4, -0.2) is 14.5 Å². The van der Waals surface area contributed by atoms with Crippen LogP contribution in [0.4, 0.5) is 5.95 Å². The first-order valence-electron chi connectivity index (χ1n) is 7.09. The van der Waals surface area contributed by atoms with E-state index >= 15 is 0 Å². The van der Waals surface area contributed by atoms with E-state index in [-0.39, 0.29) is 0 Å². The summed E-state index contributed by atoms with van der Waals surface area (Å²) < 4.78 is 2.30. The molecule has 0 aliphatic heterocycles. The molecule has 0 unspecified atom stereocenters. The average molecular weight is 256 g/mol. The van der Waals surface area contributed by atoms with Gasteiger partial charge in [0.25, 0.3) is 0 Å². The van der Waals surface area contributed by atoms with Crippen molar-refractivity contribution in [3.05, 3.63) is 42.5 Å².